The van der Waals surface area contributed by atoms with Crippen LogP contribution in [0, 0.1) is 12.8 Å². The van der Waals surface area contributed by atoms with Crippen molar-refractivity contribution in [2.45, 2.75) is 33.6 Å². The van der Waals surface area contributed by atoms with E-state index in [0.717, 1.165) is 11.3 Å². The molecule has 0 aliphatic rings. The van der Waals surface area contributed by atoms with Crippen LogP contribution in [-0.2, 0) is 11.2 Å². The highest BCUT2D eigenvalue weighted by molar-refractivity contribution is 5.92. The van der Waals surface area contributed by atoms with Gasteiger partial charge in [-0.15, -0.1) is 0 Å². The summed E-state index contributed by atoms with van der Waals surface area (Å²) >= 11 is 0. The number of hydrogen-bond donors (Lipinski definition) is 3. The molecule has 0 spiro atoms. The molecule has 31 heavy (non-hydrogen) atoms. The minimum atomic E-state index is -0.307. The summed E-state index contributed by atoms with van der Waals surface area (Å²) in [7, 11) is 0. The van der Waals surface area contributed by atoms with E-state index in [1.807, 2.05) is 45.0 Å². The van der Waals surface area contributed by atoms with Gasteiger partial charge >= 0.3 is 6.03 Å². The second-order valence-electron chi connectivity index (χ2n) is 7.86. The number of aryl methyl sites for hydroxylation is 1. The van der Waals surface area contributed by atoms with E-state index in [-0.39, 0.29) is 11.9 Å². The fourth-order valence-corrected chi connectivity index (χ4v) is 2.95. The summed E-state index contributed by atoms with van der Waals surface area (Å²) in [4.78, 5) is 28.4. The van der Waals surface area contributed by atoms with Crippen molar-refractivity contribution in [2.24, 2.45) is 5.92 Å². The Hall–Kier alpha value is -3.61. The average Bonchev–Trinajstić information content (AvgIpc) is 3.18. The lowest BCUT2D eigenvalue weighted by Crippen LogP contribution is -2.30. The molecule has 0 unspecified atom stereocenters. The first-order valence-corrected chi connectivity index (χ1v) is 10.4. The van der Waals surface area contributed by atoms with Gasteiger partial charge in [0.25, 0.3) is 0 Å². The molecule has 0 radical (unpaired) electrons. The summed E-state index contributed by atoms with van der Waals surface area (Å²) in [6.07, 6.45) is 2.64. The van der Waals surface area contributed by atoms with Crippen LogP contribution in [0.2, 0.25) is 0 Å². The van der Waals surface area contributed by atoms with Gasteiger partial charge in [0.1, 0.15) is 6.26 Å². The predicted molar refractivity (Wildman–Crippen MR) is 122 cm³/mol. The molecule has 0 aliphatic carbocycles. The van der Waals surface area contributed by atoms with Gasteiger partial charge in [0.05, 0.1) is 5.69 Å². The number of aromatic nitrogens is 1. The highest BCUT2D eigenvalue weighted by atomic mass is 16.3. The molecule has 2 aromatic carbocycles. The summed E-state index contributed by atoms with van der Waals surface area (Å²) in [6.45, 7) is 6.45. The number of nitrogens with one attached hydrogen (secondary N) is 3. The van der Waals surface area contributed by atoms with Gasteiger partial charge in [-0.05, 0) is 49.2 Å². The van der Waals surface area contributed by atoms with Gasteiger partial charge in [-0.1, -0.05) is 31.5 Å². The summed E-state index contributed by atoms with van der Waals surface area (Å²) in [6, 6.07) is 14.7. The van der Waals surface area contributed by atoms with Crippen LogP contribution in [0.15, 0.2) is 59.2 Å². The Morgan fingerprint density at radius 2 is 1.61 bits per heavy atom. The molecular weight excluding hydrogens is 392 g/mol. The van der Waals surface area contributed by atoms with Crippen molar-refractivity contribution in [1.82, 2.24) is 10.3 Å². The number of anilines is 2. The number of rotatable bonds is 8. The maximum atomic E-state index is 12.1. The molecular formula is C24H28N4O3. The molecule has 0 bridgehead atoms. The Morgan fingerprint density at radius 3 is 2.26 bits per heavy atom. The van der Waals surface area contributed by atoms with Crippen LogP contribution < -0.4 is 16.0 Å². The highest BCUT2D eigenvalue weighted by Gasteiger charge is 2.08. The second kappa shape index (κ2) is 10.4. The van der Waals surface area contributed by atoms with E-state index in [1.54, 1.807) is 30.5 Å². The Morgan fingerprint density at radius 1 is 0.968 bits per heavy atom. The van der Waals surface area contributed by atoms with Crippen molar-refractivity contribution in [1.29, 1.82) is 0 Å². The fourth-order valence-electron chi connectivity index (χ4n) is 2.95. The summed E-state index contributed by atoms with van der Waals surface area (Å²) < 4.78 is 5.53. The average molecular weight is 421 g/mol. The zero-order chi connectivity index (χ0) is 22.2. The maximum Gasteiger partial charge on any atom is 0.319 e. The third kappa shape index (κ3) is 6.99. The molecule has 0 saturated carbocycles. The Balaban J connectivity index is 1.42. The molecule has 7 nitrogen and oxygen atoms in total. The van der Waals surface area contributed by atoms with E-state index >= 15 is 0 Å². The summed E-state index contributed by atoms with van der Waals surface area (Å²) in [5.41, 5.74) is 4.22. The highest BCUT2D eigenvalue weighted by Crippen LogP contribution is 2.19. The van der Waals surface area contributed by atoms with Crippen LogP contribution in [0.25, 0.3) is 11.5 Å². The SMILES string of the molecule is Cc1ccc(-c2nc(CCNC(=O)Nc3ccc(NC(=O)CC(C)C)cc3)co2)cc1. The van der Waals surface area contributed by atoms with E-state index in [4.69, 9.17) is 4.42 Å². The molecule has 0 aliphatic heterocycles. The second-order valence-corrected chi connectivity index (χ2v) is 7.86. The van der Waals surface area contributed by atoms with Crippen LogP contribution in [-0.4, -0.2) is 23.5 Å². The summed E-state index contributed by atoms with van der Waals surface area (Å²) in [5.74, 6) is 0.850. The predicted octanol–water partition coefficient (Wildman–Crippen LogP) is 5.00. The molecule has 0 saturated heterocycles. The number of benzene rings is 2. The molecule has 3 amide bonds. The van der Waals surface area contributed by atoms with Gasteiger partial charge in [0.15, 0.2) is 0 Å². The minimum Gasteiger partial charge on any atom is -0.444 e. The Bertz CT molecular complexity index is 1010. The largest absolute Gasteiger partial charge is 0.444 e. The Labute approximate surface area is 182 Å². The van der Waals surface area contributed by atoms with Gasteiger partial charge in [-0.2, -0.15) is 0 Å². The number of hydrogen-bond acceptors (Lipinski definition) is 4. The van der Waals surface area contributed by atoms with Crippen LogP contribution >= 0.6 is 0 Å². The number of urea groups is 1. The Kier molecular flexibility index (Phi) is 7.43. The van der Waals surface area contributed by atoms with Crippen molar-refractivity contribution < 1.29 is 14.0 Å². The van der Waals surface area contributed by atoms with Gasteiger partial charge in [-0.3, -0.25) is 4.79 Å². The third-order valence-corrected chi connectivity index (χ3v) is 4.54. The van der Waals surface area contributed by atoms with Crippen molar-refractivity contribution >= 4 is 23.3 Å². The van der Waals surface area contributed by atoms with E-state index in [1.165, 1.54) is 5.56 Å². The van der Waals surface area contributed by atoms with Gasteiger partial charge < -0.3 is 20.4 Å². The van der Waals surface area contributed by atoms with E-state index in [9.17, 15) is 9.59 Å². The van der Waals surface area contributed by atoms with E-state index in [0.29, 0.717) is 42.6 Å². The lowest BCUT2D eigenvalue weighted by molar-refractivity contribution is -0.116. The lowest BCUT2D eigenvalue weighted by Gasteiger charge is -2.09. The van der Waals surface area contributed by atoms with Gasteiger partial charge in [0, 0.05) is 36.3 Å². The monoisotopic (exact) mass is 420 g/mol. The molecule has 1 heterocycles. The number of carbonyl (C=O) groups excluding carboxylic acids is 2. The van der Waals surface area contributed by atoms with Crippen molar-refractivity contribution in [3.05, 3.63) is 66.1 Å². The third-order valence-electron chi connectivity index (χ3n) is 4.54. The van der Waals surface area contributed by atoms with E-state index in [2.05, 4.69) is 20.9 Å². The maximum absolute atomic E-state index is 12.1. The molecule has 3 N–H and O–H groups in total. The number of amides is 3. The van der Waals surface area contributed by atoms with Crippen LogP contribution in [0.1, 0.15) is 31.5 Å². The number of nitrogens with zero attached hydrogens (tertiary/aromatic N) is 1. The van der Waals surface area contributed by atoms with Crippen LogP contribution in [0.3, 0.4) is 0 Å². The molecule has 1 aromatic heterocycles. The van der Waals surface area contributed by atoms with Crippen molar-refractivity contribution in [3.63, 3.8) is 0 Å². The van der Waals surface area contributed by atoms with E-state index < -0.39 is 0 Å². The van der Waals surface area contributed by atoms with Crippen molar-refractivity contribution in [2.75, 3.05) is 17.2 Å². The molecule has 0 atom stereocenters. The number of carbonyl (C=O) groups is 2. The summed E-state index contributed by atoms with van der Waals surface area (Å²) in [5, 5.41) is 8.41. The molecule has 0 fully saturated rings. The zero-order valence-corrected chi connectivity index (χ0v) is 18.1. The first kappa shape index (κ1) is 22.1. The molecule has 162 valence electrons. The smallest absolute Gasteiger partial charge is 0.319 e. The lowest BCUT2D eigenvalue weighted by atomic mass is 10.1. The normalized spacial score (nSPS) is 10.7. The topological polar surface area (TPSA) is 96.3 Å². The zero-order valence-electron chi connectivity index (χ0n) is 18.1. The first-order chi connectivity index (χ1) is 14.9. The van der Waals surface area contributed by atoms with Gasteiger partial charge in [-0.25, -0.2) is 9.78 Å². The first-order valence-electron chi connectivity index (χ1n) is 10.4. The van der Waals surface area contributed by atoms with Crippen molar-refractivity contribution in [3.8, 4) is 11.5 Å². The van der Waals surface area contributed by atoms with Crippen LogP contribution in [0.4, 0.5) is 16.2 Å². The molecule has 3 rings (SSSR count). The molecule has 7 heteroatoms. The molecule has 3 aromatic rings. The fraction of sp³-hybridized carbons (Fsp3) is 0.292. The van der Waals surface area contributed by atoms with Gasteiger partial charge in [0.2, 0.25) is 11.8 Å². The standard InChI is InChI=1S/C24H28N4O3/c1-16(2)14-22(29)26-19-8-10-20(11-9-19)28-24(30)25-13-12-21-15-31-23(27-21)18-6-4-17(3)5-7-18/h4-11,15-16H,12-14H2,1-3H3,(H,26,29)(H2,25,28,30). The quantitative estimate of drug-likeness (QED) is 0.478. The minimum absolute atomic E-state index is 0.0214. The van der Waals surface area contributed by atoms with Crippen LogP contribution in [0.5, 0.6) is 0 Å². The number of oxazole rings is 1.